The van der Waals surface area contributed by atoms with Crippen LogP contribution in [0, 0.1) is 5.82 Å². The van der Waals surface area contributed by atoms with Crippen LogP contribution in [-0.2, 0) is 0 Å². The van der Waals surface area contributed by atoms with E-state index in [1.54, 1.807) is 24.3 Å². The zero-order valence-corrected chi connectivity index (χ0v) is 8.93. The van der Waals surface area contributed by atoms with Gasteiger partial charge in [-0.15, -0.1) is 0 Å². The molecule has 0 fully saturated rings. The van der Waals surface area contributed by atoms with Gasteiger partial charge in [0.15, 0.2) is 11.0 Å². The fraction of sp³-hybridized carbons (Fsp3) is 0. The Hall–Kier alpha value is -1.19. The van der Waals surface area contributed by atoms with Gasteiger partial charge in [0.05, 0.1) is 0 Å². The summed E-state index contributed by atoms with van der Waals surface area (Å²) in [4.78, 5) is 7.36. The maximum absolute atomic E-state index is 13.5. The van der Waals surface area contributed by atoms with Crippen molar-refractivity contribution in [2.24, 2.45) is 0 Å². The van der Waals surface area contributed by atoms with Crippen molar-refractivity contribution in [3.63, 3.8) is 0 Å². The summed E-state index contributed by atoms with van der Waals surface area (Å²) in [5.41, 5.74) is 0.785. The minimum absolute atomic E-state index is 0.173. The minimum atomic E-state index is -0.624. The summed E-state index contributed by atoms with van der Waals surface area (Å²) < 4.78 is 13.5. The molecule has 0 radical (unpaired) electrons. The van der Waals surface area contributed by atoms with E-state index in [2.05, 4.69) is 9.97 Å². The fourth-order valence-electron chi connectivity index (χ4n) is 1.16. The molecule has 0 saturated carbocycles. The van der Waals surface area contributed by atoms with Gasteiger partial charge in [-0.05, 0) is 12.1 Å². The Morgan fingerprint density at radius 2 is 1.67 bits per heavy atom. The smallest absolute Gasteiger partial charge is 0.186 e. The summed E-state index contributed by atoms with van der Waals surface area (Å²) in [6.07, 6.45) is 1.22. The first-order chi connectivity index (χ1) is 7.18. The minimum Gasteiger partial charge on any atom is -0.233 e. The van der Waals surface area contributed by atoms with Crippen LogP contribution >= 0.6 is 23.2 Å². The molecule has 2 aromatic rings. The van der Waals surface area contributed by atoms with E-state index in [4.69, 9.17) is 23.2 Å². The van der Waals surface area contributed by atoms with Crippen LogP contribution in [0.4, 0.5) is 4.39 Å². The molecule has 0 aliphatic rings. The van der Waals surface area contributed by atoms with Crippen molar-refractivity contribution < 1.29 is 4.39 Å². The van der Waals surface area contributed by atoms with Crippen molar-refractivity contribution >= 4 is 23.2 Å². The molecule has 5 heteroatoms. The number of halogens is 3. The summed E-state index contributed by atoms with van der Waals surface area (Å²) >= 11 is 11.3. The molecule has 1 heterocycles. The number of aromatic nitrogens is 2. The van der Waals surface area contributed by atoms with Crippen molar-refractivity contribution in [2.75, 3.05) is 0 Å². The molecule has 15 heavy (non-hydrogen) atoms. The van der Waals surface area contributed by atoms with Crippen molar-refractivity contribution in [1.29, 1.82) is 0 Å². The van der Waals surface area contributed by atoms with Crippen LogP contribution in [0.2, 0.25) is 10.2 Å². The van der Waals surface area contributed by atoms with Crippen LogP contribution in [0.1, 0.15) is 0 Å². The Balaban J connectivity index is 2.54. The first-order valence-corrected chi connectivity index (χ1v) is 4.86. The van der Waals surface area contributed by atoms with Gasteiger partial charge >= 0.3 is 0 Å². The summed E-state index contributed by atoms with van der Waals surface area (Å²) in [5, 5.41) is 0.397. The van der Waals surface area contributed by atoms with Gasteiger partial charge in [-0.2, -0.15) is 0 Å². The molecule has 0 atom stereocenters. The van der Waals surface area contributed by atoms with Crippen LogP contribution < -0.4 is 0 Å². The normalized spacial score (nSPS) is 10.3. The topological polar surface area (TPSA) is 25.8 Å². The quantitative estimate of drug-likeness (QED) is 0.715. The highest BCUT2D eigenvalue weighted by Crippen LogP contribution is 2.24. The maximum Gasteiger partial charge on any atom is 0.186 e. The molecule has 0 saturated heterocycles. The molecule has 0 N–H and O–H groups in total. The number of hydrogen-bond acceptors (Lipinski definition) is 2. The van der Waals surface area contributed by atoms with Crippen LogP contribution in [0.25, 0.3) is 11.3 Å². The van der Waals surface area contributed by atoms with Crippen molar-refractivity contribution in [1.82, 2.24) is 9.97 Å². The zero-order chi connectivity index (χ0) is 10.8. The first kappa shape index (κ1) is 10.3. The van der Waals surface area contributed by atoms with E-state index in [1.807, 2.05) is 0 Å². The molecule has 1 aromatic carbocycles. The summed E-state index contributed by atoms with van der Waals surface area (Å²) in [5.74, 6) is -0.624. The molecule has 2 nitrogen and oxygen atoms in total. The van der Waals surface area contributed by atoms with Crippen LogP contribution in [0.5, 0.6) is 0 Å². The van der Waals surface area contributed by atoms with Crippen LogP contribution in [-0.4, -0.2) is 9.97 Å². The molecule has 0 bridgehead atoms. The first-order valence-electron chi connectivity index (χ1n) is 4.10. The van der Waals surface area contributed by atoms with Crippen LogP contribution in [0.3, 0.4) is 0 Å². The lowest BCUT2D eigenvalue weighted by molar-refractivity contribution is 0.618. The Labute approximate surface area is 95.7 Å². The van der Waals surface area contributed by atoms with Gasteiger partial charge in [0.25, 0.3) is 0 Å². The zero-order valence-electron chi connectivity index (χ0n) is 7.42. The Morgan fingerprint density at radius 3 is 2.33 bits per heavy atom. The standard InChI is InChI=1S/C10H5Cl2FN2/c11-7-3-1-6(2-4-7)9-8(13)10(12)15-5-14-9/h1-5H. The number of benzene rings is 1. The highest BCUT2D eigenvalue weighted by Gasteiger charge is 2.10. The third-order valence-corrected chi connectivity index (χ3v) is 2.38. The predicted molar refractivity (Wildman–Crippen MR) is 57.4 cm³/mol. The summed E-state index contributed by atoms with van der Waals surface area (Å²) in [7, 11) is 0. The Kier molecular flexibility index (Phi) is 2.84. The average Bonchev–Trinajstić information content (AvgIpc) is 2.24. The van der Waals surface area contributed by atoms with Crippen LogP contribution in [0.15, 0.2) is 30.6 Å². The summed E-state index contributed by atoms with van der Waals surface area (Å²) in [6.45, 7) is 0. The maximum atomic E-state index is 13.5. The molecule has 0 spiro atoms. The van der Waals surface area contributed by atoms with Gasteiger partial charge < -0.3 is 0 Å². The number of hydrogen-bond donors (Lipinski definition) is 0. The predicted octanol–water partition coefficient (Wildman–Crippen LogP) is 3.59. The lowest BCUT2D eigenvalue weighted by Crippen LogP contribution is -1.92. The fourth-order valence-corrected chi connectivity index (χ4v) is 1.42. The third-order valence-electron chi connectivity index (χ3n) is 1.86. The monoisotopic (exact) mass is 242 g/mol. The molecule has 1 aromatic heterocycles. The second kappa shape index (κ2) is 4.13. The highest BCUT2D eigenvalue weighted by atomic mass is 35.5. The van der Waals surface area contributed by atoms with Crippen molar-refractivity contribution in [3.05, 3.63) is 46.6 Å². The van der Waals surface area contributed by atoms with E-state index in [-0.39, 0.29) is 10.8 Å². The van der Waals surface area contributed by atoms with E-state index in [0.717, 1.165) is 0 Å². The largest absolute Gasteiger partial charge is 0.233 e. The second-order valence-corrected chi connectivity index (χ2v) is 3.63. The molecule has 0 amide bonds. The lowest BCUT2D eigenvalue weighted by Gasteiger charge is -2.02. The lowest BCUT2D eigenvalue weighted by atomic mass is 10.1. The molecular formula is C10H5Cl2FN2. The van der Waals surface area contributed by atoms with E-state index < -0.39 is 5.82 Å². The Bertz CT molecular complexity index is 485. The SMILES string of the molecule is Fc1c(Cl)ncnc1-c1ccc(Cl)cc1. The van der Waals surface area contributed by atoms with E-state index in [9.17, 15) is 4.39 Å². The van der Waals surface area contributed by atoms with E-state index in [0.29, 0.717) is 10.6 Å². The van der Waals surface area contributed by atoms with Gasteiger partial charge in [-0.3, -0.25) is 0 Å². The summed E-state index contributed by atoms with van der Waals surface area (Å²) in [6, 6.07) is 6.66. The highest BCUT2D eigenvalue weighted by molar-refractivity contribution is 6.30. The van der Waals surface area contributed by atoms with Gasteiger partial charge in [0, 0.05) is 10.6 Å². The molecule has 0 aliphatic heterocycles. The molecule has 0 aliphatic carbocycles. The van der Waals surface area contributed by atoms with Gasteiger partial charge in [0.1, 0.15) is 12.0 Å². The van der Waals surface area contributed by atoms with Crippen molar-refractivity contribution in [3.8, 4) is 11.3 Å². The number of rotatable bonds is 1. The van der Waals surface area contributed by atoms with E-state index >= 15 is 0 Å². The van der Waals surface area contributed by atoms with E-state index in [1.165, 1.54) is 6.33 Å². The Morgan fingerprint density at radius 1 is 1.00 bits per heavy atom. The van der Waals surface area contributed by atoms with Gasteiger partial charge in [0.2, 0.25) is 0 Å². The van der Waals surface area contributed by atoms with Gasteiger partial charge in [-0.25, -0.2) is 14.4 Å². The molecule has 0 unspecified atom stereocenters. The van der Waals surface area contributed by atoms with Gasteiger partial charge in [-0.1, -0.05) is 35.3 Å². The second-order valence-electron chi connectivity index (χ2n) is 2.83. The molecule has 76 valence electrons. The van der Waals surface area contributed by atoms with Crippen molar-refractivity contribution in [2.45, 2.75) is 0 Å². The average molecular weight is 243 g/mol. The molecule has 2 rings (SSSR count). The third kappa shape index (κ3) is 2.08. The number of nitrogens with zero attached hydrogens (tertiary/aromatic N) is 2. The molecular weight excluding hydrogens is 238 g/mol.